The van der Waals surface area contributed by atoms with Crippen molar-refractivity contribution in [2.24, 2.45) is 0 Å². The number of thiol groups is 1. The molecule has 3 N–H and O–H groups in total. The molecule has 0 amide bonds. The molecule has 0 aliphatic rings. The molecule has 0 spiro atoms. The van der Waals surface area contributed by atoms with Gasteiger partial charge >= 0.3 is 0 Å². The number of aromatic hydroxyl groups is 1. The summed E-state index contributed by atoms with van der Waals surface area (Å²) in [6.07, 6.45) is -2.10. The summed E-state index contributed by atoms with van der Waals surface area (Å²) in [4.78, 5) is 0. The molecule has 0 aliphatic heterocycles. The molecule has 1 aromatic carbocycles. The second-order valence-corrected chi connectivity index (χ2v) is 4.37. The van der Waals surface area contributed by atoms with Crippen LogP contribution in [-0.4, -0.2) is 34.3 Å². The molecule has 0 aliphatic carbocycles. The zero-order chi connectivity index (χ0) is 12.3. The van der Waals surface area contributed by atoms with Gasteiger partial charge in [0.15, 0.2) is 11.5 Å². The predicted octanol–water partition coefficient (Wildman–Crippen LogP) is 1.49. The number of phenols is 1. The summed E-state index contributed by atoms with van der Waals surface area (Å²) in [6.45, 7) is 0. The van der Waals surface area contributed by atoms with Crippen molar-refractivity contribution in [1.82, 2.24) is 0 Å². The van der Waals surface area contributed by atoms with Crippen molar-refractivity contribution in [3.05, 3.63) is 22.2 Å². The molecule has 1 rings (SSSR count). The summed E-state index contributed by atoms with van der Waals surface area (Å²) in [5.74, 6) is 0.314. The molecule has 0 aromatic heterocycles. The Kier molecular flexibility index (Phi) is 4.91. The van der Waals surface area contributed by atoms with E-state index >= 15 is 0 Å². The molecule has 0 saturated carbocycles. The summed E-state index contributed by atoms with van der Waals surface area (Å²) in [6, 6.07) is 3.09. The monoisotopic (exact) mass is 308 g/mol. The number of halogens is 1. The average molecular weight is 309 g/mol. The third-order valence-corrected chi connectivity index (χ3v) is 3.41. The van der Waals surface area contributed by atoms with E-state index in [1.165, 1.54) is 13.2 Å². The van der Waals surface area contributed by atoms with Crippen LogP contribution in [-0.2, 0) is 0 Å². The highest BCUT2D eigenvalue weighted by Crippen LogP contribution is 2.39. The maximum Gasteiger partial charge on any atom is 0.172 e. The van der Waals surface area contributed by atoms with Crippen molar-refractivity contribution in [1.29, 1.82) is 0 Å². The lowest BCUT2D eigenvalue weighted by Gasteiger charge is -2.18. The van der Waals surface area contributed by atoms with Gasteiger partial charge in [-0.15, -0.1) is 0 Å². The molecule has 0 heterocycles. The average Bonchev–Trinajstić information content (AvgIpc) is 2.30. The highest BCUT2D eigenvalue weighted by Gasteiger charge is 2.22. The number of rotatable bonds is 4. The second-order valence-electron chi connectivity index (χ2n) is 3.21. The Labute approximate surface area is 107 Å². The van der Waals surface area contributed by atoms with Crippen LogP contribution in [0.25, 0.3) is 0 Å². The Morgan fingerprint density at radius 3 is 2.56 bits per heavy atom. The van der Waals surface area contributed by atoms with Gasteiger partial charge in [0, 0.05) is 11.3 Å². The van der Waals surface area contributed by atoms with Crippen LogP contribution in [0.5, 0.6) is 11.5 Å². The number of hydrogen-bond donors (Lipinski definition) is 4. The first-order valence-corrected chi connectivity index (χ1v) is 5.97. The number of phenolic OH excluding ortho intramolecular Hbond substituents is 1. The van der Waals surface area contributed by atoms with Gasteiger partial charge in [-0.1, -0.05) is 6.07 Å². The molecule has 1 aromatic rings. The van der Waals surface area contributed by atoms with Crippen LogP contribution in [0.4, 0.5) is 0 Å². The minimum atomic E-state index is -1.11. The lowest BCUT2D eigenvalue weighted by molar-refractivity contribution is 0.0331. The Bertz CT molecular complexity index is 372. The molecular weight excluding hydrogens is 296 g/mol. The number of benzene rings is 1. The van der Waals surface area contributed by atoms with Crippen LogP contribution in [0, 0.1) is 0 Å². The fourth-order valence-corrected chi connectivity index (χ4v) is 2.02. The van der Waals surface area contributed by atoms with Gasteiger partial charge < -0.3 is 20.1 Å². The third kappa shape index (κ3) is 2.63. The molecule has 16 heavy (non-hydrogen) atoms. The zero-order valence-corrected chi connectivity index (χ0v) is 11.1. The Balaban J connectivity index is 3.11. The summed E-state index contributed by atoms with van der Waals surface area (Å²) in [5, 5.41) is 28.9. The van der Waals surface area contributed by atoms with Crippen LogP contribution < -0.4 is 4.74 Å². The SMILES string of the molecule is COc1ccc(C(O)C(O)CS)c(Br)c1O. The highest BCUT2D eigenvalue weighted by atomic mass is 79.9. The number of hydrogen-bond acceptors (Lipinski definition) is 5. The topological polar surface area (TPSA) is 69.9 Å². The van der Waals surface area contributed by atoms with Crippen LogP contribution in [0.15, 0.2) is 16.6 Å². The van der Waals surface area contributed by atoms with Crippen molar-refractivity contribution in [3.8, 4) is 11.5 Å². The van der Waals surface area contributed by atoms with Crippen LogP contribution in [0.1, 0.15) is 11.7 Å². The van der Waals surface area contributed by atoms with E-state index in [2.05, 4.69) is 28.6 Å². The molecule has 0 saturated heterocycles. The Morgan fingerprint density at radius 1 is 1.44 bits per heavy atom. The fourth-order valence-electron chi connectivity index (χ4n) is 1.26. The van der Waals surface area contributed by atoms with Gasteiger partial charge in [0.1, 0.15) is 6.10 Å². The molecule has 0 bridgehead atoms. The van der Waals surface area contributed by atoms with Gasteiger partial charge in [0.25, 0.3) is 0 Å². The molecule has 0 fully saturated rings. The van der Waals surface area contributed by atoms with Crippen molar-refractivity contribution in [2.75, 3.05) is 12.9 Å². The first-order chi connectivity index (χ1) is 7.52. The van der Waals surface area contributed by atoms with E-state index in [1.807, 2.05) is 0 Å². The maximum absolute atomic E-state index is 9.78. The van der Waals surface area contributed by atoms with Gasteiger partial charge in [-0.2, -0.15) is 12.6 Å². The molecule has 0 radical (unpaired) electrons. The smallest absolute Gasteiger partial charge is 0.172 e. The van der Waals surface area contributed by atoms with Crippen molar-refractivity contribution in [3.63, 3.8) is 0 Å². The molecular formula is C10H13BrO4S. The molecule has 2 atom stereocenters. The number of aliphatic hydroxyl groups is 2. The Hall–Kier alpha value is -0.430. The first kappa shape index (κ1) is 13.6. The zero-order valence-electron chi connectivity index (χ0n) is 8.59. The summed E-state index contributed by atoms with van der Waals surface area (Å²) in [7, 11) is 1.43. The minimum Gasteiger partial charge on any atom is -0.503 e. The lowest BCUT2D eigenvalue weighted by atomic mass is 10.0. The third-order valence-electron chi connectivity index (χ3n) is 2.20. The van der Waals surface area contributed by atoms with Crippen molar-refractivity contribution >= 4 is 28.6 Å². The quantitative estimate of drug-likeness (QED) is 0.636. The van der Waals surface area contributed by atoms with Gasteiger partial charge in [-0.25, -0.2) is 0 Å². The molecule has 2 unspecified atom stereocenters. The van der Waals surface area contributed by atoms with Crippen molar-refractivity contribution in [2.45, 2.75) is 12.2 Å². The van der Waals surface area contributed by atoms with E-state index in [-0.39, 0.29) is 11.5 Å². The van der Waals surface area contributed by atoms with E-state index in [9.17, 15) is 15.3 Å². The normalized spacial score (nSPS) is 14.6. The number of methoxy groups -OCH3 is 1. The molecule has 90 valence electrons. The van der Waals surface area contributed by atoms with E-state index in [0.717, 1.165) is 0 Å². The summed E-state index contributed by atoms with van der Waals surface area (Å²) >= 11 is 7.04. The van der Waals surface area contributed by atoms with Gasteiger partial charge in [0.05, 0.1) is 17.7 Å². The lowest BCUT2D eigenvalue weighted by Crippen LogP contribution is -2.20. The second kappa shape index (κ2) is 5.77. The first-order valence-electron chi connectivity index (χ1n) is 4.55. The summed E-state index contributed by atoms with van der Waals surface area (Å²) < 4.78 is 5.21. The molecule has 6 heteroatoms. The van der Waals surface area contributed by atoms with Crippen LogP contribution in [0.3, 0.4) is 0 Å². The standard InChI is InChI=1S/C10H13BrO4S/c1-15-7-3-2-5(8(11)10(7)14)9(13)6(12)4-16/h2-3,6,9,12-14,16H,4H2,1H3. The maximum atomic E-state index is 9.78. The van der Waals surface area contributed by atoms with E-state index in [0.29, 0.717) is 15.8 Å². The highest BCUT2D eigenvalue weighted by molar-refractivity contribution is 9.10. The van der Waals surface area contributed by atoms with E-state index < -0.39 is 12.2 Å². The van der Waals surface area contributed by atoms with Crippen LogP contribution in [0.2, 0.25) is 0 Å². The van der Waals surface area contributed by atoms with E-state index in [4.69, 9.17) is 4.74 Å². The number of aliphatic hydroxyl groups excluding tert-OH is 2. The van der Waals surface area contributed by atoms with Crippen molar-refractivity contribution < 1.29 is 20.1 Å². The number of ether oxygens (including phenoxy) is 1. The largest absolute Gasteiger partial charge is 0.503 e. The van der Waals surface area contributed by atoms with E-state index in [1.54, 1.807) is 6.07 Å². The predicted molar refractivity (Wildman–Crippen MR) is 67.2 cm³/mol. The molecule has 4 nitrogen and oxygen atoms in total. The fraction of sp³-hybridized carbons (Fsp3) is 0.400. The van der Waals surface area contributed by atoms with Crippen LogP contribution >= 0.6 is 28.6 Å². The van der Waals surface area contributed by atoms with Gasteiger partial charge in [-0.05, 0) is 22.0 Å². The minimum absolute atomic E-state index is 0.106. The Morgan fingerprint density at radius 2 is 2.06 bits per heavy atom. The summed E-state index contributed by atoms with van der Waals surface area (Å²) in [5.41, 5.74) is 0.389. The van der Waals surface area contributed by atoms with Gasteiger partial charge in [-0.3, -0.25) is 0 Å². The van der Waals surface area contributed by atoms with Gasteiger partial charge in [0.2, 0.25) is 0 Å².